The third-order valence-electron chi connectivity index (χ3n) is 6.53. The van der Waals surface area contributed by atoms with E-state index in [1.54, 1.807) is 0 Å². The zero-order valence-corrected chi connectivity index (χ0v) is 16.8. The highest BCUT2D eigenvalue weighted by Gasteiger charge is 2.49. The van der Waals surface area contributed by atoms with Crippen LogP contribution in [0.15, 0.2) is 15.5 Å². The number of hydrogen-bond acceptors (Lipinski definition) is 6. The van der Waals surface area contributed by atoms with Crippen LogP contribution in [0.1, 0.15) is 51.2 Å². The van der Waals surface area contributed by atoms with Crippen LogP contribution in [0, 0.1) is 10.8 Å². The molecule has 4 rings (SSSR count). The Morgan fingerprint density at radius 3 is 2.67 bits per heavy atom. The van der Waals surface area contributed by atoms with E-state index in [1.165, 1.54) is 19.1 Å². The lowest BCUT2D eigenvalue weighted by molar-refractivity contribution is 0.0335. The second kappa shape index (κ2) is 6.90. The standard InChI is InChI=1S/C21H32N2O4/c1-20(2)8-16-9-21(3,13-20)14-23(16)11-17-18(24)15(12-27-19(17)25)10-22-4-6-26-7-5-22/h12,16,24H,4-11,13-14H2,1-3H3. The largest absolute Gasteiger partial charge is 0.507 e. The molecule has 1 saturated carbocycles. The van der Waals surface area contributed by atoms with Gasteiger partial charge in [-0.2, -0.15) is 0 Å². The fourth-order valence-corrected chi connectivity index (χ4v) is 5.76. The van der Waals surface area contributed by atoms with Crippen LogP contribution in [0.2, 0.25) is 0 Å². The van der Waals surface area contributed by atoms with Crippen molar-refractivity contribution in [2.24, 2.45) is 10.8 Å². The molecule has 1 aromatic heterocycles. The Labute approximate surface area is 161 Å². The maximum Gasteiger partial charge on any atom is 0.343 e. The van der Waals surface area contributed by atoms with Crippen LogP contribution in [-0.2, 0) is 17.8 Å². The van der Waals surface area contributed by atoms with Gasteiger partial charge in [0.2, 0.25) is 0 Å². The maximum absolute atomic E-state index is 12.4. The molecule has 1 aromatic rings. The molecule has 3 aliphatic rings. The quantitative estimate of drug-likeness (QED) is 0.871. The molecule has 0 spiro atoms. The van der Waals surface area contributed by atoms with E-state index in [9.17, 15) is 9.90 Å². The number of aromatic hydroxyl groups is 1. The summed E-state index contributed by atoms with van der Waals surface area (Å²) in [7, 11) is 0. The SMILES string of the molecule is CC1(C)CC2CC(C)(CN2Cc2c(O)c(CN3CCOCC3)coc2=O)C1. The fourth-order valence-electron chi connectivity index (χ4n) is 5.76. The lowest BCUT2D eigenvalue weighted by atomic mass is 9.65. The van der Waals surface area contributed by atoms with E-state index in [-0.39, 0.29) is 5.75 Å². The first-order valence-electron chi connectivity index (χ1n) is 10.1. The Hall–Kier alpha value is -1.37. The molecule has 0 radical (unpaired) electrons. The average molecular weight is 376 g/mol. The minimum Gasteiger partial charge on any atom is -0.507 e. The first kappa shape index (κ1) is 19.0. The summed E-state index contributed by atoms with van der Waals surface area (Å²) in [4.78, 5) is 17.0. The third-order valence-corrected chi connectivity index (χ3v) is 6.53. The molecule has 0 aromatic carbocycles. The number of likely N-dealkylation sites (tertiary alicyclic amines) is 1. The zero-order chi connectivity index (χ0) is 19.2. The van der Waals surface area contributed by atoms with Crippen LogP contribution in [0.3, 0.4) is 0 Å². The van der Waals surface area contributed by atoms with Crippen molar-refractivity contribution >= 4 is 0 Å². The van der Waals surface area contributed by atoms with Crippen molar-refractivity contribution in [2.45, 2.75) is 59.2 Å². The molecule has 3 fully saturated rings. The molecule has 1 N–H and O–H groups in total. The van der Waals surface area contributed by atoms with Crippen molar-refractivity contribution in [1.82, 2.24) is 9.80 Å². The van der Waals surface area contributed by atoms with Gasteiger partial charge in [-0.25, -0.2) is 4.79 Å². The minimum atomic E-state index is -0.413. The molecule has 1 aliphatic carbocycles. The van der Waals surface area contributed by atoms with Crippen LogP contribution in [0.5, 0.6) is 5.75 Å². The molecule has 0 amide bonds. The fraction of sp³-hybridized carbons (Fsp3) is 0.762. The van der Waals surface area contributed by atoms with Crippen molar-refractivity contribution in [3.8, 4) is 5.75 Å². The van der Waals surface area contributed by atoms with Gasteiger partial charge < -0.3 is 14.3 Å². The predicted molar refractivity (Wildman–Crippen MR) is 103 cm³/mol. The van der Waals surface area contributed by atoms with E-state index in [0.29, 0.717) is 54.3 Å². The van der Waals surface area contributed by atoms with Gasteiger partial charge in [0.1, 0.15) is 12.0 Å². The third kappa shape index (κ3) is 3.93. The average Bonchev–Trinajstić information content (AvgIpc) is 2.83. The summed E-state index contributed by atoms with van der Waals surface area (Å²) in [6, 6.07) is 0.473. The van der Waals surface area contributed by atoms with Gasteiger partial charge in [0.15, 0.2) is 0 Å². The van der Waals surface area contributed by atoms with E-state index in [2.05, 4.69) is 30.6 Å². The molecule has 2 atom stereocenters. The summed E-state index contributed by atoms with van der Waals surface area (Å²) in [6.45, 7) is 12.1. The number of rotatable bonds is 4. The lowest BCUT2D eigenvalue weighted by Gasteiger charge is -2.39. The molecule has 6 nitrogen and oxygen atoms in total. The first-order valence-corrected chi connectivity index (χ1v) is 10.1. The van der Waals surface area contributed by atoms with Crippen molar-refractivity contribution in [3.05, 3.63) is 27.8 Å². The van der Waals surface area contributed by atoms with Gasteiger partial charge in [-0.15, -0.1) is 0 Å². The molecule has 27 heavy (non-hydrogen) atoms. The first-order chi connectivity index (χ1) is 12.7. The van der Waals surface area contributed by atoms with Gasteiger partial charge in [-0.3, -0.25) is 9.80 Å². The number of morpholine rings is 1. The van der Waals surface area contributed by atoms with E-state index in [0.717, 1.165) is 26.1 Å². The zero-order valence-electron chi connectivity index (χ0n) is 16.8. The number of fused-ring (bicyclic) bond motifs is 2. The normalized spacial score (nSPS) is 31.3. The van der Waals surface area contributed by atoms with Crippen LogP contribution in [0.4, 0.5) is 0 Å². The number of nitrogens with zero attached hydrogens (tertiary/aromatic N) is 2. The molecule has 3 heterocycles. The van der Waals surface area contributed by atoms with Crippen molar-refractivity contribution < 1.29 is 14.3 Å². The van der Waals surface area contributed by atoms with Crippen molar-refractivity contribution in [3.63, 3.8) is 0 Å². The van der Waals surface area contributed by atoms with Gasteiger partial charge >= 0.3 is 5.63 Å². The monoisotopic (exact) mass is 376 g/mol. The minimum absolute atomic E-state index is 0.114. The Balaban J connectivity index is 1.54. The summed E-state index contributed by atoms with van der Waals surface area (Å²) >= 11 is 0. The van der Waals surface area contributed by atoms with Crippen LogP contribution >= 0.6 is 0 Å². The Kier molecular flexibility index (Phi) is 4.85. The summed E-state index contributed by atoms with van der Waals surface area (Å²) in [6.07, 6.45) is 4.95. The van der Waals surface area contributed by atoms with Gasteiger partial charge in [-0.1, -0.05) is 20.8 Å². The lowest BCUT2D eigenvalue weighted by Crippen LogP contribution is -2.36. The topological polar surface area (TPSA) is 66.2 Å². The molecule has 2 unspecified atom stereocenters. The van der Waals surface area contributed by atoms with Crippen molar-refractivity contribution in [1.29, 1.82) is 0 Å². The molecule has 2 bridgehead atoms. The van der Waals surface area contributed by atoms with E-state index >= 15 is 0 Å². The molecular weight excluding hydrogens is 344 g/mol. The van der Waals surface area contributed by atoms with Crippen molar-refractivity contribution in [2.75, 3.05) is 32.8 Å². The number of hydrogen-bond donors (Lipinski definition) is 1. The predicted octanol–water partition coefficient (Wildman–Crippen LogP) is 2.58. The van der Waals surface area contributed by atoms with Gasteiger partial charge in [0.25, 0.3) is 0 Å². The summed E-state index contributed by atoms with van der Waals surface area (Å²) < 4.78 is 10.7. The van der Waals surface area contributed by atoms with Gasteiger partial charge in [0, 0.05) is 44.3 Å². The highest BCUT2D eigenvalue weighted by atomic mass is 16.5. The molecule has 150 valence electrons. The summed E-state index contributed by atoms with van der Waals surface area (Å²) in [5, 5.41) is 10.8. The van der Waals surface area contributed by atoms with E-state index in [1.807, 2.05) is 0 Å². The Morgan fingerprint density at radius 1 is 1.19 bits per heavy atom. The second-order valence-electron chi connectivity index (χ2n) is 9.88. The van der Waals surface area contributed by atoms with Gasteiger partial charge in [0.05, 0.1) is 18.8 Å². The number of ether oxygens (including phenoxy) is 1. The Morgan fingerprint density at radius 2 is 1.93 bits per heavy atom. The highest BCUT2D eigenvalue weighted by molar-refractivity contribution is 5.36. The molecule has 2 saturated heterocycles. The van der Waals surface area contributed by atoms with E-state index < -0.39 is 5.63 Å². The van der Waals surface area contributed by atoms with Crippen LogP contribution in [0.25, 0.3) is 0 Å². The molecular formula is C21H32N2O4. The maximum atomic E-state index is 12.4. The van der Waals surface area contributed by atoms with Crippen LogP contribution in [-0.4, -0.2) is 53.8 Å². The second-order valence-corrected chi connectivity index (χ2v) is 9.88. The Bertz CT molecular complexity index is 753. The van der Waals surface area contributed by atoms with Gasteiger partial charge in [-0.05, 0) is 30.1 Å². The van der Waals surface area contributed by atoms with Crippen LogP contribution < -0.4 is 5.63 Å². The smallest absolute Gasteiger partial charge is 0.343 e. The summed E-state index contributed by atoms with van der Waals surface area (Å²) in [5.74, 6) is 0.114. The summed E-state index contributed by atoms with van der Waals surface area (Å²) in [5.41, 5.74) is 1.32. The molecule has 2 aliphatic heterocycles. The molecule has 6 heteroatoms. The van der Waals surface area contributed by atoms with E-state index in [4.69, 9.17) is 9.15 Å². The highest BCUT2D eigenvalue weighted by Crippen LogP contribution is 2.52.